The van der Waals surface area contributed by atoms with E-state index in [4.69, 9.17) is 0 Å². The minimum atomic E-state index is 0.697. The maximum Gasteiger partial charge on any atom is 0.0279 e. The van der Waals surface area contributed by atoms with Crippen molar-refractivity contribution in [1.29, 1.82) is 0 Å². The number of hydrogen-bond donors (Lipinski definition) is 1. The van der Waals surface area contributed by atoms with Crippen LogP contribution >= 0.6 is 0 Å². The van der Waals surface area contributed by atoms with Gasteiger partial charge in [-0.3, -0.25) is 0 Å². The van der Waals surface area contributed by atoms with Crippen molar-refractivity contribution < 1.29 is 0 Å². The fraction of sp³-hybridized carbons (Fsp3) is 0.778. The van der Waals surface area contributed by atoms with Gasteiger partial charge in [-0.05, 0) is 25.8 Å². The van der Waals surface area contributed by atoms with Crippen molar-refractivity contribution in [2.45, 2.75) is 32.7 Å². The van der Waals surface area contributed by atoms with E-state index in [0.717, 1.165) is 0 Å². The Morgan fingerprint density at radius 1 is 1.60 bits per heavy atom. The maximum atomic E-state index is 3.29. The molecular weight excluding hydrogens is 122 g/mol. The molecule has 0 heterocycles. The van der Waals surface area contributed by atoms with Gasteiger partial charge >= 0.3 is 0 Å². The molecule has 0 aromatic carbocycles. The highest BCUT2D eigenvalue weighted by molar-refractivity contribution is 5.19. The van der Waals surface area contributed by atoms with Crippen LogP contribution in [-0.4, -0.2) is 13.1 Å². The van der Waals surface area contributed by atoms with E-state index in [-0.39, 0.29) is 0 Å². The first kappa shape index (κ1) is 7.80. The Morgan fingerprint density at radius 3 is 2.60 bits per heavy atom. The molecule has 1 unspecified atom stereocenters. The highest BCUT2D eigenvalue weighted by atomic mass is 14.9. The maximum absolute atomic E-state index is 3.29. The fourth-order valence-corrected chi connectivity index (χ4v) is 1.41. The molecule has 58 valence electrons. The molecule has 0 bridgehead atoms. The topological polar surface area (TPSA) is 12.0 Å². The van der Waals surface area contributed by atoms with Crippen LogP contribution in [0, 0.1) is 5.92 Å². The minimum absolute atomic E-state index is 0.697. The average molecular weight is 139 g/mol. The first-order chi connectivity index (χ1) is 4.74. The van der Waals surface area contributed by atoms with E-state index in [1.165, 1.54) is 12.8 Å². The van der Waals surface area contributed by atoms with Crippen LogP contribution in [0.2, 0.25) is 0 Å². The molecule has 0 aromatic rings. The van der Waals surface area contributed by atoms with E-state index in [1.807, 2.05) is 7.05 Å². The van der Waals surface area contributed by atoms with Crippen LogP contribution in [0.1, 0.15) is 26.7 Å². The van der Waals surface area contributed by atoms with Crippen molar-refractivity contribution in [2.75, 3.05) is 7.05 Å². The molecule has 0 saturated heterocycles. The molecule has 1 nitrogen and oxygen atoms in total. The Bertz CT molecular complexity index is 134. The van der Waals surface area contributed by atoms with Crippen LogP contribution in [-0.2, 0) is 0 Å². The zero-order valence-corrected chi connectivity index (χ0v) is 7.15. The summed E-state index contributed by atoms with van der Waals surface area (Å²) >= 11 is 0. The molecule has 1 rings (SSSR count). The summed E-state index contributed by atoms with van der Waals surface area (Å²) in [6.07, 6.45) is 5.02. The summed E-state index contributed by atoms with van der Waals surface area (Å²) in [7, 11) is 2.04. The number of likely N-dealkylation sites (N-methyl/N-ethyl adjacent to an activating group) is 1. The van der Waals surface area contributed by atoms with E-state index in [0.29, 0.717) is 12.0 Å². The number of hydrogen-bond acceptors (Lipinski definition) is 1. The van der Waals surface area contributed by atoms with Crippen molar-refractivity contribution in [3.63, 3.8) is 0 Å². The van der Waals surface area contributed by atoms with Crippen molar-refractivity contribution in [3.8, 4) is 0 Å². The normalized spacial score (nSPS) is 29.2. The molecule has 1 fully saturated rings. The van der Waals surface area contributed by atoms with Gasteiger partial charge in [0.25, 0.3) is 0 Å². The molecule has 0 radical (unpaired) electrons. The second kappa shape index (κ2) is 3.20. The zero-order chi connectivity index (χ0) is 7.56. The molecule has 1 aliphatic rings. The zero-order valence-electron chi connectivity index (χ0n) is 7.15. The predicted molar refractivity (Wildman–Crippen MR) is 45.0 cm³/mol. The Kier molecular flexibility index (Phi) is 2.50. The lowest BCUT2D eigenvalue weighted by Crippen LogP contribution is -2.35. The lowest BCUT2D eigenvalue weighted by molar-refractivity contribution is 0.474. The minimum Gasteiger partial charge on any atom is -0.313 e. The molecular formula is C9H17N. The van der Waals surface area contributed by atoms with Crippen molar-refractivity contribution in [1.82, 2.24) is 5.32 Å². The van der Waals surface area contributed by atoms with Crippen molar-refractivity contribution in [3.05, 3.63) is 11.6 Å². The lowest BCUT2D eigenvalue weighted by Gasteiger charge is -2.30. The fourth-order valence-electron chi connectivity index (χ4n) is 1.41. The smallest absolute Gasteiger partial charge is 0.0279 e. The van der Waals surface area contributed by atoms with Crippen LogP contribution < -0.4 is 5.32 Å². The number of rotatable bonds is 2. The van der Waals surface area contributed by atoms with Gasteiger partial charge in [0.2, 0.25) is 0 Å². The molecule has 0 amide bonds. The van der Waals surface area contributed by atoms with Crippen LogP contribution in [0.3, 0.4) is 0 Å². The summed E-state index contributed by atoms with van der Waals surface area (Å²) in [6, 6.07) is 0.697. The molecule has 1 aliphatic carbocycles. The first-order valence-corrected chi connectivity index (χ1v) is 4.12. The third-order valence-electron chi connectivity index (χ3n) is 2.07. The predicted octanol–water partition coefficient (Wildman–Crippen LogP) is 1.95. The highest BCUT2D eigenvalue weighted by Gasteiger charge is 2.21. The summed E-state index contributed by atoms with van der Waals surface area (Å²) in [5.41, 5.74) is 1.61. The van der Waals surface area contributed by atoms with Gasteiger partial charge in [0.15, 0.2) is 0 Å². The van der Waals surface area contributed by atoms with Crippen molar-refractivity contribution in [2.24, 2.45) is 5.92 Å². The van der Waals surface area contributed by atoms with Gasteiger partial charge in [0.05, 0.1) is 0 Å². The molecule has 0 aliphatic heterocycles. The van der Waals surface area contributed by atoms with Gasteiger partial charge in [0, 0.05) is 6.04 Å². The van der Waals surface area contributed by atoms with Crippen molar-refractivity contribution >= 4 is 0 Å². The Labute approximate surface area is 63.5 Å². The van der Waals surface area contributed by atoms with Crippen LogP contribution in [0.25, 0.3) is 0 Å². The first-order valence-electron chi connectivity index (χ1n) is 4.12. The summed E-state index contributed by atoms with van der Waals surface area (Å²) < 4.78 is 0. The van der Waals surface area contributed by atoms with Gasteiger partial charge in [0.1, 0.15) is 0 Å². The molecule has 10 heavy (non-hydrogen) atoms. The SMILES string of the molecule is CNC1CC/C1=C\C(C)C. The monoisotopic (exact) mass is 139 g/mol. The summed E-state index contributed by atoms with van der Waals surface area (Å²) in [5.74, 6) is 0.714. The summed E-state index contributed by atoms with van der Waals surface area (Å²) in [6.45, 7) is 4.47. The Balaban J connectivity index is 2.41. The third kappa shape index (κ3) is 1.60. The molecule has 0 spiro atoms. The number of allylic oxidation sites excluding steroid dienone is 1. The highest BCUT2D eigenvalue weighted by Crippen LogP contribution is 2.27. The van der Waals surface area contributed by atoms with E-state index in [1.54, 1.807) is 5.57 Å². The van der Waals surface area contributed by atoms with E-state index in [2.05, 4.69) is 25.2 Å². The molecule has 1 saturated carbocycles. The summed E-state index contributed by atoms with van der Waals surface area (Å²) in [5, 5.41) is 3.29. The van der Waals surface area contributed by atoms with Gasteiger partial charge < -0.3 is 5.32 Å². The average Bonchev–Trinajstić information content (AvgIpc) is 1.82. The quantitative estimate of drug-likeness (QED) is 0.577. The molecule has 1 heteroatoms. The van der Waals surface area contributed by atoms with Gasteiger partial charge in [-0.25, -0.2) is 0 Å². The van der Waals surface area contributed by atoms with E-state index >= 15 is 0 Å². The second-order valence-electron chi connectivity index (χ2n) is 3.37. The number of nitrogens with one attached hydrogen (secondary N) is 1. The van der Waals surface area contributed by atoms with E-state index in [9.17, 15) is 0 Å². The molecule has 1 N–H and O–H groups in total. The Hall–Kier alpha value is -0.300. The van der Waals surface area contributed by atoms with E-state index < -0.39 is 0 Å². The Morgan fingerprint density at radius 2 is 2.30 bits per heavy atom. The second-order valence-corrected chi connectivity index (χ2v) is 3.37. The standard InChI is InChI=1S/C9H17N/c1-7(2)6-8-4-5-9(8)10-3/h6-7,9-10H,4-5H2,1-3H3/b8-6+. The lowest BCUT2D eigenvalue weighted by atomic mass is 9.84. The van der Waals surface area contributed by atoms with Gasteiger partial charge in [-0.2, -0.15) is 0 Å². The van der Waals surface area contributed by atoms with Crippen LogP contribution in [0.5, 0.6) is 0 Å². The van der Waals surface area contributed by atoms with Gasteiger partial charge in [-0.1, -0.05) is 25.5 Å². The molecule has 1 atom stereocenters. The van der Waals surface area contributed by atoms with Gasteiger partial charge in [-0.15, -0.1) is 0 Å². The van der Waals surface area contributed by atoms with Crippen LogP contribution in [0.15, 0.2) is 11.6 Å². The summed E-state index contributed by atoms with van der Waals surface area (Å²) in [4.78, 5) is 0. The molecule has 0 aromatic heterocycles. The van der Waals surface area contributed by atoms with Crippen LogP contribution in [0.4, 0.5) is 0 Å². The largest absolute Gasteiger partial charge is 0.313 e. The third-order valence-corrected chi connectivity index (χ3v) is 2.07.